The first-order chi connectivity index (χ1) is 14.9. The lowest BCUT2D eigenvalue weighted by Gasteiger charge is -2.35. The van der Waals surface area contributed by atoms with Crippen LogP contribution < -0.4 is 10.5 Å². The van der Waals surface area contributed by atoms with Gasteiger partial charge in [0, 0.05) is 39.4 Å². The summed E-state index contributed by atoms with van der Waals surface area (Å²) in [6.45, 7) is 3.97. The number of pyridine rings is 1. The number of piperazine rings is 1. The average Bonchev–Trinajstić information content (AvgIpc) is 3.02. The van der Waals surface area contributed by atoms with Crippen LogP contribution >= 0.6 is 24.0 Å². The topological polar surface area (TPSA) is 87.5 Å². The molecule has 0 unspecified atom stereocenters. The number of fused-ring (bicyclic) bond motifs is 1. The summed E-state index contributed by atoms with van der Waals surface area (Å²) < 4.78 is 6.97. The minimum atomic E-state index is -0.347. The van der Waals surface area contributed by atoms with Gasteiger partial charge in [-0.05, 0) is 25.1 Å². The second kappa shape index (κ2) is 8.67. The van der Waals surface area contributed by atoms with E-state index in [1.165, 1.54) is 9.30 Å². The monoisotopic (exact) mass is 459 g/mol. The Balaban J connectivity index is 1.74. The minimum Gasteiger partial charge on any atom is -0.450 e. The fourth-order valence-electron chi connectivity index (χ4n) is 3.45. The van der Waals surface area contributed by atoms with Crippen molar-refractivity contribution in [2.45, 2.75) is 6.92 Å². The molecule has 0 atom stereocenters. The van der Waals surface area contributed by atoms with E-state index in [9.17, 15) is 14.4 Å². The Morgan fingerprint density at radius 1 is 1.26 bits per heavy atom. The molecule has 2 saturated heterocycles. The lowest BCUT2D eigenvalue weighted by Crippen LogP contribution is -2.49. The number of thioether (sulfide) groups is 1. The third-order valence-electron chi connectivity index (χ3n) is 5.12. The summed E-state index contributed by atoms with van der Waals surface area (Å²) in [6.07, 6.45) is 2.88. The van der Waals surface area contributed by atoms with Crippen molar-refractivity contribution in [1.29, 1.82) is 0 Å². The summed E-state index contributed by atoms with van der Waals surface area (Å²) in [5, 5.41) is 0. The Labute approximate surface area is 188 Å². The molecule has 0 spiro atoms. The Kier molecular flexibility index (Phi) is 5.96. The van der Waals surface area contributed by atoms with Crippen molar-refractivity contribution >= 4 is 57.8 Å². The molecule has 0 saturated carbocycles. The van der Waals surface area contributed by atoms with Crippen LogP contribution in [0.5, 0.6) is 0 Å². The predicted octanol–water partition coefficient (Wildman–Crippen LogP) is 1.80. The third kappa shape index (κ3) is 4.02. The SMILES string of the molecule is CCOC(=O)N1CCN(c2nc3ccccn3c(=O)c2/C=C2/SC(=S)N(C)C2=O)CC1. The van der Waals surface area contributed by atoms with Gasteiger partial charge < -0.3 is 14.5 Å². The van der Waals surface area contributed by atoms with Crippen molar-refractivity contribution in [3.8, 4) is 0 Å². The van der Waals surface area contributed by atoms with Crippen molar-refractivity contribution in [2.75, 3.05) is 44.7 Å². The van der Waals surface area contributed by atoms with Crippen molar-refractivity contribution in [3.05, 3.63) is 45.2 Å². The van der Waals surface area contributed by atoms with Crippen LogP contribution in [0, 0.1) is 0 Å². The van der Waals surface area contributed by atoms with Gasteiger partial charge in [-0.3, -0.25) is 18.9 Å². The number of nitrogens with zero attached hydrogens (tertiary/aromatic N) is 5. The quantitative estimate of drug-likeness (QED) is 0.507. The molecular weight excluding hydrogens is 438 g/mol. The molecule has 31 heavy (non-hydrogen) atoms. The highest BCUT2D eigenvalue weighted by Crippen LogP contribution is 2.32. The first-order valence-electron chi connectivity index (χ1n) is 9.80. The molecule has 4 heterocycles. The van der Waals surface area contributed by atoms with E-state index < -0.39 is 0 Å². The Hall–Kier alpha value is -2.92. The molecule has 2 amide bonds. The van der Waals surface area contributed by atoms with Gasteiger partial charge >= 0.3 is 6.09 Å². The Morgan fingerprint density at radius 3 is 2.65 bits per heavy atom. The second-order valence-electron chi connectivity index (χ2n) is 7.00. The van der Waals surface area contributed by atoms with Gasteiger partial charge in [-0.1, -0.05) is 30.0 Å². The van der Waals surface area contributed by atoms with Crippen LogP contribution in [0.3, 0.4) is 0 Å². The number of anilines is 1. The summed E-state index contributed by atoms with van der Waals surface area (Å²) in [7, 11) is 1.61. The molecule has 4 rings (SSSR count). The molecule has 11 heteroatoms. The van der Waals surface area contributed by atoms with E-state index in [0.29, 0.717) is 59.0 Å². The molecule has 2 aliphatic heterocycles. The molecule has 9 nitrogen and oxygen atoms in total. The number of likely N-dealkylation sites (N-methyl/N-ethyl adjacent to an activating group) is 1. The van der Waals surface area contributed by atoms with Gasteiger partial charge in [0.25, 0.3) is 11.5 Å². The number of amides is 2. The molecule has 162 valence electrons. The van der Waals surface area contributed by atoms with Gasteiger partial charge in [0.1, 0.15) is 15.8 Å². The maximum atomic E-state index is 13.3. The second-order valence-corrected chi connectivity index (χ2v) is 8.67. The molecule has 0 radical (unpaired) electrons. The number of hydrogen-bond donors (Lipinski definition) is 0. The molecular formula is C20H21N5O4S2. The van der Waals surface area contributed by atoms with Gasteiger partial charge in [-0.25, -0.2) is 9.78 Å². The zero-order valence-corrected chi connectivity index (χ0v) is 18.7. The molecule has 2 aliphatic rings. The number of carbonyl (C=O) groups excluding carboxylic acids is 2. The summed E-state index contributed by atoms with van der Waals surface area (Å²) in [4.78, 5) is 47.9. The van der Waals surface area contributed by atoms with Gasteiger partial charge in [-0.2, -0.15) is 0 Å². The lowest BCUT2D eigenvalue weighted by atomic mass is 10.2. The largest absolute Gasteiger partial charge is 0.450 e. The summed E-state index contributed by atoms with van der Waals surface area (Å²) in [5.74, 6) is 0.242. The van der Waals surface area contributed by atoms with Crippen molar-refractivity contribution in [1.82, 2.24) is 19.2 Å². The van der Waals surface area contributed by atoms with Crippen LogP contribution in [-0.4, -0.2) is 75.3 Å². The van der Waals surface area contributed by atoms with Gasteiger partial charge in [0.15, 0.2) is 0 Å². The number of aromatic nitrogens is 2. The summed E-state index contributed by atoms with van der Waals surface area (Å²) in [6, 6.07) is 5.32. The zero-order valence-electron chi connectivity index (χ0n) is 17.1. The molecule has 2 aromatic heterocycles. The van der Waals surface area contributed by atoms with Crippen molar-refractivity contribution in [2.24, 2.45) is 0 Å². The van der Waals surface area contributed by atoms with Gasteiger partial charge in [0.05, 0.1) is 17.1 Å². The molecule has 0 aromatic carbocycles. The van der Waals surface area contributed by atoms with E-state index >= 15 is 0 Å². The number of hydrogen-bond acceptors (Lipinski definition) is 8. The van der Waals surface area contributed by atoms with Crippen LogP contribution in [0.25, 0.3) is 11.7 Å². The maximum absolute atomic E-state index is 13.3. The number of carbonyl (C=O) groups is 2. The summed E-state index contributed by atoms with van der Waals surface area (Å²) >= 11 is 6.37. The van der Waals surface area contributed by atoms with Crippen LogP contribution in [0.2, 0.25) is 0 Å². The van der Waals surface area contributed by atoms with Crippen LogP contribution in [0.15, 0.2) is 34.1 Å². The predicted molar refractivity (Wildman–Crippen MR) is 123 cm³/mol. The Bertz CT molecular complexity index is 1150. The average molecular weight is 460 g/mol. The Morgan fingerprint density at radius 2 is 2.00 bits per heavy atom. The van der Waals surface area contributed by atoms with E-state index in [2.05, 4.69) is 0 Å². The van der Waals surface area contributed by atoms with E-state index in [1.807, 2.05) is 11.0 Å². The number of rotatable bonds is 3. The summed E-state index contributed by atoms with van der Waals surface area (Å²) in [5.41, 5.74) is 0.563. The van der Waals surface area contributed by atoms with E-state index in [4.69, 9.17) is 21.9 Å². The van der Waals surface area contributed by atoms with Crippen LogP contribution in [0.4, 0.5) is 10.6 Å². The van der Waals surface area contributed by atoms with Crippen LogP contribution in [0.1, 0.15) is 12.5 Å². The smallest absolute Gasteiger partial charge is 0.409 e. The van der Waals surface area contributed by atoms with E-state index in [1.54, 1.807) is 43.3 Å². The van der Waals surface area contributed by atoms with Gasteiger partial charge in [-0.15, -0.1) is 0 Å². The molecule has 2 fully saturated rings. The standard InChI is InChI=1S/C20H21N5O4S2/c1-3-29-19(28)24-10-8-23(9-11-24)16-13(12-14-18(27)22(2)20(30)31-14)17(26)25-7-5-4-6-15(25)21-16/h4-7,12H,3,8-11H2,1-2H3/b14-12+. The highest BCUT2D eigenvalue weighted by Gasteiger charge is 2.31. The third-order valence-corrected chi connectivity index (χ3v) is 6.60. The fourth-order valence-corrected chi connectivity index (χ4v) is 4.61. The first-order valence-corrected chi connectivity index (χ1v) is 11.0. The van der Waals surface area contributed by atoms with E-state index in [-0.39, 0.29) is 17.6 Å². The molecule has 2 aromatic rings. The van der Waals surface area contributed by atoms with Gasteiger partial charge in [0.2, 0.25) is 0 Å². The lowest BCUT2D eigenvalue weighted by molar-refractivity contribution is -0.121. The molecule has 0 N–H and O–H groups in total. The maximum Gasteiger partial charge on any atom is 0.409 e. The fraction of sp³-hybridized carbons (Fsp3) is 0.350. The molecule has 0 bridgehead atoms. The van der Waals surface area contributed by atoms with E-state index in [0.717, 1.165) is 11.8 Å². The number of ether oxygens (including phenoxy) is 1. The highest BCUT2D eigenvalue weighted by atomic mass is 32.2. The first kappa shape index (κ1) is 21.3. The van der Waals surface area contributed by atoms with Crippen molar-refractivity contribution in [3.63, 3.8) is 0 Å². The zero-order chi connectivity index (χ0) is 22.1. The normalized spacial score (nSPS) is 18.4. The van der Waals surface area contributed by atoms with Crippen LogP contribution in [-0.2, 0) is 9.53 Å². The minimum absolute atomic E-state index is 0.245. The van der Waals surface area contributed by atoms with Crippen molar-refractivity contribution < 1.29 is 14.3 Å². The molecule has 0 aliphatic carbocycles. The highest BCUT2D eigenvalue weighted by molar-refractivity contribution is 8.26. The number of thiocarbonyl (C=S) groups is 1.